The van der Waals surface area contributed by atoms with Gasteiger partial charge in [0.15, 0.2) is 17.7 Å². The van der Waals surface area contributed by atoms with Crippen LogP contribution < -0.4 is 5.32 Å². The maximum atomic E-state index is 14.7. The van der Waals surface area contributed by atoms with Gasteiger partial charge in [0.05, 0.1) is 34.5 Å². The number of carbonyl (C=O) groups excluding carboxylic acids is 4. The Hall–Kier alpha value is -4.20. The van der Waals surface area contributed by atoms with Gasteiger partial charge in [-0.05, 0) is 90.4 Å². The zero-order valence-electron chi connectivity index (χ0n) is 36.9. The van der Waals surface area contributed by atoms with E-state index in [1.165, 1.54) is 36.5 Å². The second kappa shape index (κ2) is 18.6. The quantitative estimate of drug-likeness (QED) is 0.177. The number of thiophene rings is 1. The maximum absolute atomic E-state index is 14.7. The molecule has 0 radical (unpaired) electrons. The number of cyclic esters (lactones) is 1. The third-order valence-electron chi connectivity index (χ3n) is 13.1. The minimum absolute atomic E-state index is 0.199. The molecule has 4 aliphatic rings. The van der Waals surface area contributed by atoms with Gasteiger partial charge in [-0.15, -0.1) is 11.3 Å². The first-order chi connectivity index (χ1) is 28.8. The van der Waals surface area contributed by atoms with Gasteiger partial charge in [-0.3, -0.25) is 24.3 Å². The third-order valence-corrected chi connectivity index (χ3v) is 14.1. The van der Waals surface area contributed by atoms with Crippen LogP contribution in [0.1, 0.15) is 95.6 Å². The first kappa shape index (κ1) is 46.3. The summed E-state index contributed by atoms with van der Waals surface area (Å²) in [7, 11) is 3.78. The Morgan fingerprint density at radius 3 is 2.54 bits per heavy atom. The number of hydrogen-bond acceptors (Lipinski definition) is 12. The van der Waals surface area contributed by atoms with Gasteiger partial charge in [0, 0.05) is 47.7 Å². The van der Waals surface area contributed by atoms with Crippen LogP contribution in [-0.4, -0.2) is 120 Å². The molecule has 1 aromatic heterocycles. The van der Waals surface area contributed by atoms with E-state index in [0.29, 0.717) is 47.8 Å². The SMILES string of the molecule is CC[C@H]1OC(=O)[C@H](C)C(=O)[C@H](C)[C@@H](OC2O[C@H](C)C[C@H](N(C)C)[C@H]2O)[C@@](C)(CC#Cc2ccc(C(=O)Nc3cccc(F)c3)s2)C[C@@H](C)C2=NCCN3C(=O)O[C@@]1(C)[C@H]3[C@H]2C. The van der Waals surface area contributed by atoms with Gasteiger partial charge in [0.2, 0.25) is 0 Å². The molecular formula is C46H61FN4O9S. The van der Waals surface area contributed by atoms with Gasteiger partial charge >= 0.3 is 12.1 Å². The zero-order valence-corrected chi connectivity index (χ0v) is 37.7. The summed E-state index contributed by atoms with van der Waals surface area (Å²) < 4.78 is 39.3. The van der Waals surface area contributed by atoms with E-state index in [0.717, 1.165) is 5.71 Å². The number of hydrogen-bond donors (Lipinski definition) is 2. The number of aliphatic imine (C=N–C) groups is 1. The lowest BCUT2D eigenvalue weighted by Crippen LogP contribution is -2.58. The topological polar surface area (TPSA) is 156 Å². The molecule has 0 spiro atoms. The van der Waals surface area contributed by atoms with Crippen LogP contribution in [0, 0.1) is 46.7 Å². The minimum Gasteiger partial charge on any atom is -0.458 e. The molecule has 61 heavy (non-hydrogen) atoms. The number of aliphatic hydroxyl groups excluding tert-OH is 1. The molecule has 1 aromatic carbocycles. The van der Waals surface area contributed by atoms with E-state index in [-0.39, 0.29) is 30.4 Å². The molecule has 13 nitrogen and oxygen atoms in total. The van der Waals surface area contributed by atoms with Crippen molar-refractivity contribution < 1.29 is 47.6 Å². The highest BCUT2D eigenvalue weighted by atomic mass is 32.1. The van der Waals surface area contributed by atoms with Crippen molar-refractivity contribution in [2.75, 3.05) is 32.5 Å². The highest BCUT2D eigenvalue weighted by Gasteiger charge is 2.60. The van der Waals surface area contributed by atoms with E-state index in [1.54, 1.807) is 30.0 Å². The number of aliphatic hydroxyl groups is 1. The highest BCUT2D eigenvalue weighted by molar-refractivity contribution is 7.14. The van der Waals surface area contributed by atoms with Crippen molar-refractivity contribution in [3.8, 4) is 11.8 Å². The molecule has 15 heteroatoms. The van der Waals surface area contributed by atoms with E-state index in [9.17, 15) is 28.7 Å². The molecule has 4 aliphatic heterocycles. The fourth-order valence-corrected chi connectivity index (χ4v) is 10.9. The third kappa shape index (κ3) is 9.59. The molecule has 5 heterocycles. The molecule has 2 bridgehead atoms. The zero-order chi connectivity index (χ0) is 44.6. The molecule has 0 saturated carbocycles. The van der Waals surface area contributed by atoms with Crippen molar-refractivity contribution in [1.29, 1.82) is 0 Å². The maximum Gasteiger partial charge on any atom is 0.410 e. The average molecular weight is 865 g/mol. The molecular weight excluding hydrogens is 804 g/mol. The minimum atomic E-state index is -1.22. The largest absolute Gasteiger partial charge is 0.458 e. The smallest absolute Gasteiger partial charge is 0.410 e. The summed E-state index contributed by atoms with van der Waals surface area (Å²) in [6.45, 7) is 15.7. The summed E-state index contributed by atoms with van der Waals surface area (Å²) in [6.07, 6.45) is -3.15. The van der Waals surface area contributed by atoms with Crippen molar-refractivity contribution >= 4 is 46.5 Å². The Bertz CT molecular complexity index is 2070. The lowest BCUT2D eigenvalue weighted by atomic mass is 9.66. The van der Waals surface area contributed by atoms with Crippen LogP contribution in [0.15, 0.2) is 41.4 Å². The number of halogens is 1. The number of nitrogens with one attached hydrogen (secondary N) is 1. The van der Waals surface area contributed by atoms with E-state index >= 15 is 0 Å². The summed E-state index contributed by atoms with van der Waals surface area (Å²) in [6, 6.07) is 8.28. The molecule has 6 rings (SSSR count). The summed E-state index contributed by atoms with van der Waals surface area (Å²) in [5.41, 5.74) is -0.956. The van der Waals surface area contributed by atoms with Crippen LogP contribution in [0.3, 0.4) is 0 Å². The first-order valence-electron chi connectivity index (χ1n) is 21.4. The lowest BCUT2D eigenvalue weighted by molar-refractivity contribution is -0.286. The van der Waals surface area contributed by atoms with Crippen LogP contribution in [0.25, 0.3) is 0 Å². The van der Waals surface area contributed by atoms with Gasteiger partial charge in [0.1, 0.15) is 23.9 Å². The van der Waals surface area contributed by atoms with Crippen LogP contribution in [-0.2, 0) is 28.5 Å². The number of fused-ring (bicyclic) bond motifs is 1. The fourth-order valence-electron chi connectivity index (χ4n) is 10.1. The summed E-state index contributed by atoms with van der Waals surface area (Å²) in [4.78, 5) is 65.0. The number of anilines is 1. The molecule has 1 unspecified atom stereocenters. The van der Waals surface area contributed by atoms with Gasteiger partial charge in [0.25, 0.3) is 5.91 Å². The van der Waals surface area contributed by atoms with Crippen LogP contribution in [0.4, 0.5) is 14.9 Å². The number of ether oxygens (including phenoxy) is 4. The number of nitrogens with zero attached hydrogens (tertiary/aromatic N) is 3. The number of benzene rings is 1. The standard InChI is InChI=1S/C46H61FN4O9S/c1-11-35-46(8)39-27(4)36(48-20-21-51(39)44(56)60-46)25(2)24-45(7,19-13-16-32-17-18-34(61-32)41(54)49-31-15-12-14-30(47)23-31)40(28(5)37(52)29(6)42(55)58-35)59-43-38(53)33(50(9)10)22-26(3)57-43/h12,14-15,17-18,23,25-29,33,35,38-40,43,53H,11,19-22,24H2,1-10H3,(H,49,54)/t25-,26-,27+,28+,29-,33+,35-,38-,39-,40-,43?,45+,46-/m1/s1. The van der Waals surface area contributed by atoms with Crippen molar-refractivity contribution in [2.24, 2.45) is 34.1 Å². The molecule has 13 atom stereocenters. The molecule has 2 N–H and O–H groups in total. The normalized spacial score (nSPS) is 35.9. The number of carbonyl (C=O) groups is 4. The Kier molecular flexibility index (Phi) is 14.2. The van der Waals surface area contributed by atoms with E-state index in [2.05, 4.69) is 24.1 Å². The highest BCUT2D eigenvalue weighted by Crippen LogP contribution is 2.46. The number of ketones is 1. The second-order valence-electron chi connectivity index (χ2n) is 18.0. The number of likely N-dealkylation sites (N-methyl/N-ethyl adjacent to an activating group) is 1. The molecule has 3 fully saturated rings. The Balaban J connectivity index is 1.41. The molecule has 0 aliphatic carbocycles. The number of rotatable bonds is 7. The number of esters is 1. The Labute approximate surface area is 362 Å². The average Bonchev–Trinajstić information content (AvgIpc) is 3.72. The van der Waals surface area contributed by atoms with Gasteiger partial charge in [-0.25, -0.2) is 9.18 Å². The number of Topliss-reactive ketones (excluding diaryl/α,β-unsaturated/α-hetero) is 1. The monoisotopic (exact) mass is 864 g/mol. The summed E-state index contributed by atoms with van der Waals surface area (Å²) in [5.74, 6) is 1.93. The molecule has 332 valence electrons. The fraction of sp³-hybridized carbons (Fsp3) is 0.630. The van der Waals surface area contributed by atoms with Crippen molar-refractivity contribution in [3.63, 3.8) is 0 Å². The van der Waals surface area contributed by atoms with Crippen molar-refractivity contribution in [1.82, 2.24) is 9.80 Å². The number of amides is 2. The van der Waals surface area contributed by atoms with Gasteiger partial charge < -0.3 is 34.3 Å². The lowest BCUT2D eigenvalue weighted by Gasteiger charge is -2.47. The van der Waals surface area contributed by atoms with E-state index in [1.807, 2.05) is 53.6 Å². The van der Waals surface area contributed by atoms with Crippen LogP contribution in [0.2, 0.25) is 0 Å². The van der Waals surface area contributed by atoms with Crippen molar-refractivity contribution in [2.45, 2.75) is 129 Å². The van der Waals surface area contributed by atoms with Crippen LogP contribution >= 0.6 is 11.3 Å². The second-order valence-corrected chi connectivity index (χ2v) is 19.1. The predicted octanol–water partition coefficient (Wildman–Crippen LogP) is 6.57. The molecule has 2 aromatic rings. The first-order valence-corrected chi connectivity index (χ1v) is 22.2. The van der Waals surface area contributed by atoms with E-state index in [4.69, 9.17) is 23.9 Å². The summed E-state index contributed by atoms with van der Waals surface area (Å²) >= 11 is 1.19. The molecule has 3 saturated heterocycles. The van der Waals surface area contributed by atoms with Gasteiger partial charge in [-0.1, -0.05) is 52.5 Å². The summed E-state index contributed by atoms with van der Waals surface area (Å²) in [5, 5.41) is 14.4. The Morgan fingerprint density at radius 1 is 1.11 bits per heavy atom. The van der Waals surface area contributed by atoms with Crippen molar-refractivity contribution in [3.05, 3.63) is 52.0 Å². The Morgan fingerprint density at radius 2 is 1.85 bits per heavy atom. The molecule has 2 amide bonds. The van der Waals surface area contributed by atoms with Gasteiger partial charge in [-0.2, -0.15) is 0 Å². The predicted molar refractivity (Wildman–Crippen MR) is 230 cm³/mol. The van der Waals surface area contributed by atoms with Crippen LogP contribution in [0.5, 0.6) is 0 Å². The van der Waals surface area contributed by atoms with E-state index < -0.39 is 83.1 Å².